The standard InChI is InChI=1S/C31H30F3N3O4/c1-2-3-13-37-24(29(31(32,33)34)35-30(37)23-7-5-4-6-8-23)18-36(16-21-9-11-25-27(14-21)40-19-38-25)17-22-10-12-26-28(15-22)41-20-39-26/h4-12,14-15H,2-3,13,16-20H2,1H3. The second-order valence-electron chi connectivity index (χ2n) is 10.1. The average molecular weight is 566 g/mol. The third-order valence-corrected chi connectivity index (χ3v) is 7.17. The predicted molar refractivity (Wildman–Crippen MR) is 146 cm³/mol. The molecule has 10 heteroatoms. The molecule has 4 aromatic rings. The molecule has 6 rings (SSSR count). The van der Waals surface area contributed by atoms with E-state index in [0.29, 0.717) is 54.0 Å². The molecule has 0 atom stereocenters. The van der Waals surface area contributed by atoms with Gasteiger partial charge >= 0.3 is 6.18 Å². The van der Waals surface area contributed by atoms with Crippen LogP contribution in [0.25, 0.3) is 11.4 Å². The molecule has 2 aliphatic rings. The molecule has 2 aliphatic heterocycles. The molecule has 0 aliphatic carbocycles. The summed E-state index contributed by atoms with van der Waals surface area (Å²) in [5.74, 6) is 2.88. The lowest BCUT2D eigenvalue weighted by Crippen LogP contribution is -2.26. The molecule has 0 unspecified atom stereocenters. The van der Waals surface area contributed by atoms with Gasteiger partial charge in [-0.15, -0.1) is 0 Å². The number of alkyl halides is 3. The summed E-state index contributed by atoms with van der Waals surface area (Å²) >= 11 is 0. The highest BCUT2D eigenvalue weighted by Crippen LogP contribution is 2.38. The van der Waals surface area contributed by atoms with E-state index in [1.807, 2.05) is 66.4 Å². The van der Waals surface area contributed by atoms with Gasteiger partial charge in [-0.1, -0.05) is 55.8 Å². The zero-order chi connectivity index (χ0) is 28.4. The second-order valence-corrected chi connectivity index (χ2v) is 10.1. The van der Waals surface area contributed by atoms with Crippen LogP contribution >= 0.6 is 0 Å². The Kier molecular flexibility index (Phi) is 7.49. The Labute approximate surface area is 236 Å². The third kappa shape index (κ3) is 5.83. The quantitative estimate of drug-likeness (QED) is 0.206. The molecule has 3 aromatic carbocycles. The molecule has 7 nitrogen and oxygen atoms in total. The molecule has 214 valence electrons. The maximum Gasteiger partial charge on any atom is 0.435 e. The summed E-state index contributed by atoms with van der Waals surface area (Å²) in [6.45, 7) is 3.53. The topological polar surface area (TPSA) is 58.0 Å². The lowest BCUT2D eigenvalue weighted by atomic mass is 10.1. The molecule has 3 heterocycles. The fourth-order valence-electron chi connectivity index (χ4n) is 5.21. The number of aromatic nitrogens is 2. The Morgan fingerprint density at radius 3 is 1.93 bits per heavy atom. The van der Waals surface area contributed by atoms with Gasteiger partial charge in [-0.2, -0.15) is 13.2 Å². The van der Waals surface area contributed by atoms with Crippen LogP contribution in [0.15, 0.2) is 66.7 Å². The van der Waals surface area contributed by atoms with Crippen molar-refractivity contribution >= 4 is 0 Å². The van der Waals surface area contributed by atoms with Crippen molar-refractivity contribution < 1.29 is 32.1 Å². The average Bonchev–Trinajstić information content (AvgIpc) is 3.70. The maximum absolute atomic E-state index is 14.5. The van der Waals surface area contributed by atoms with Crippen LogP contribution in [0.2, 0.25) is 0 Å². The lowest BCUT2D eigenvalue weighted by Gasteiger charge is -2.25. The fourth-order valence-corrected chi connectivity index (χ4v) is 5.21. The minimum absolute atomic E-state index is 0.0290. The number of fused-ring (bicyclic) bond motifs is 2. The van der Waals surface area contributed by atoms with Crippen LogP contribution in [0.5, 0.6) is 23.0 Å². The van der Waals surface area contributed by atoms with E-state index in [1.165, 1.54) is 0 Å². The van der Waals surface area contributed by atoms with Gasteiger partial charge in [0.05, 0.1) is 5.69 Å². The second kappa shape index (κ2) is 11.4. The minimum Gasteiger partial charge on any atom is -0.454 e. The smallest absolute Gasteiger partial charge is 0.435 e. The highest BCUT2D eigenvalue weighted by Gasteiger charge is 2.39. The molecular weight excluding hydrogens is 535 g/mol. The highest BCUT2D eigenvalue weighted by atomic mass is 19.4. The first kappa shape index (κ1) is 27.0. The number of hydrogen-bond donors (Lipinski definition) is 0. The van der Waals surface area contributed by atoms with Crippen LogP contribution in [0.1, 0.15) is 42.3 Å². The van der Waals surface area contributed by atoms with Gasteiger partial charge in [-0.05, 0) is 41.8 Å². The molecule has 41 heavy (non-hydrogen) atoms. The van der Waals surface area contributed by atoms with Gasteiger partial charge in [-0.3, -0.25) is 4.90 Å². The van der Waals surface area contributed by atoms with Crippen LogP contribution in [-0.4, -0.2) is 28.0 Å². The number of halogens is 3. The highest BCUT2D eigenvalue weighted by molar-refractivity contribution is 5.57. The van der Waals surface area contributed by atoms with Gasteiger partial charge in [0.15, 0.2) is 28.7 Å². The normalized spacial score (nSPS) is 13.8. The van der Waals surface area contributed by atoms with Gasteiger partial charge in [0, 0.05) is 31.7 Å². The first-order valence-corrected chi connectivity index (χ1v) is 13.6. The number of unbranched alkanes of at least 4 members (excludes halogenated alkanes) is 1. The van der Waals surface area contributed by atoms with Gasteiger partial charge in [-0.25, -0.2) is 4.98 Å². The fraction of sp³-hybridized carbons (Fsp3) is 0.323. The lowest BCUT2D eigenvalue weighted by molar-refractivity contribution is -0.141. The largest absolute Gasteiger partial charge is 0.454 e. The SMILES string of the molecule is CCCCn1c(-c2ccccc2)nc(C(F)(F)F)c1CN(Cc1ccc2c(c1)OCO2)Cc1ccc2c(c1)OCO2. The van der Waals surface area contributed by atoms with Crippen LogP contribution in [0.3, 0.4) is 0 Å². The summed E-state index contributed by atoms with van der Waals surface area (Å²) in [5, 5.41) is 0. The molecule has 0 saturated heterocycles. The maximum atomic E-state index is 14.5. The first-order valence-electron chi connectivity index (χ1n) is 13.6. The van der Waals surface area contributed by atoms with Crippen molar-refractivity contribution in [2.24, 2.45) is 0 Å². The number of imidazole rings is 1. The molecule has 0 N–H and O–H groups in total. The summed E-state index contributed by atoms with van der Waals surface area (Å²) in [6.07, 6.45) is -3.05. The molecule has 0 saturated carbocycles. The van der Waals surface area contributed by atoms with Crippen molar-refractivity contribution in [3.63, 3.8) is 0 Å². The Morgan fingerprint density at radius 1 is 0.780 bits per heavy atom. The summed E-state index contributed by atoms with van der Waals surface area (Å²) in [5.41, 5.74) is 1.73. The van der Waals surface area contributed by atoms with E-state index in [4.69, 9.17) is 18.9 Å². The van der Waals surface area contributed by atoms with E-state index < -0.39 is 11.9 Å². The Bertz CT molecular complexity index is 1460. The molecule has 1 aromatic heterocycles. The van der Waals surface area contributed by atoms with Crippen LogP contribution in [-0.2, 0) is 32.4 Å². The van der Waals surface area contributed by atoms with E-state index >= 15 is 0 Å². The zero-order valence-corrected chi connectivity index (χ0v) is 22.6. The molecule has 0 spiro atoms. The Morgan fingerprint density at radius 2 is 1.37 bits per heavy atom. The molecule has 0 radical (unpaired) electrons. The minimum atomic E-state index is -4.61. The van der Waals surface area contributed by atoms with E-state index in [2.05, 4.69) is 4.98 Å². The molecule has 0 bridgehead atoms. The number of rotatable bonds is 10. The Balaban J connectivity index is 1.40. The van der Waals surface area contributed by atoms with Crippen molar-refractivity contribution in [2.75, 3.05) is 13.6 Å². The van der Waals surface area contributed by atoms with Crippen molar-refractivity contribution in [2.45, 2.75) is 52.1 Å². The van der Waals surface area contributed by atoms with Crippen molar-refractivity contribution in [1.29, 1.82) is 0 Å². The van der Waals surface area contributed by atoms with Gasteiger partial charge in [0.25, 0.3) is 0 Å². The number of nitrogens with zero attached hydrogens (tertiary/aromatic N) is 3. The molecular formula is C31H30F3N3O4. The van der Waals surface area contributed by atoms with Crippen LogP contribution in [0, 0.1) is 0 Å². The predicted octanol–water partition coefficient (Wildman–Crippen LogP) is 7.03. The molecule has 0 fully saturated rings. The van der Waals surface area contributed by atoms with Gasteiger partial charge in [0.2, 0.25) is 13.6 Å². The van der Waals surface area contributed by atoms with Gasteiger partial charge in [0.1, 0.15) is 5.82 Å². The Hall–Kier alpha value is -4.18. The zero-order valence-electron chi connectivity index (χ0n) is 22.6. The summed E-state index contributed by atoms with van der Waals surface area (Å²) < 4.78 is 67.3. The van der Waals surface area contributed by atoms with Gasteiger partial charge < -0.3 is 23.5 Å². The first-order chi connectivity index (χ1) is 19.9. The molecule has 0 amide bonds. The summed E-state index contributed by atoms with van der Waals surface area (Å²) in [7, 11) is 0. The van der Waals surface area contributed by atoms with E-state index in [1.54, 1.807) is 16.7 Å². The van der Waals surface area contributed by atoms with Crippen molar-refractivity contribution in [3.8, 4) is 34.4 Å². The summed E-state index contributed by atoms with van der Waals surface area (Å²) in [4.78, 5) is 6.19. The monoisotopic (exact) mass is 565 g/mol. The van der Waals surface area contributed by atoms with E-state index in [9.17, 15) is 13.2 Å². The summed E-state index contributed by atoms with van der Waals surface area (Å²) in [6, 6.07) is 20.3. The van der Waals surface area contributed by atoms with Crippen molar-refractivity contribution in [3.05, 3.63) is 89.2 Å². The third-order valence-electron chi connectivity index (χ3n) is 7.17. The van der Waals surface area contributed by atoms with Crippen LogP contribution < -0.4 is 18.9 Å². The number of hydrogen-bond acceptors (Lipinski definition) is 6. The van der Waals surface area contributed by atoms with E-state index in [0.717, 1.165) is 24.0 Å². The number of benzene rings is 3. The van der Waals surface area contributed by atoms with Crippen LogP contribution in [0.4, 0.5) is 13.2 Å². The van der Waals surface area contributed by atoms with E-state index in [-0.39, 0.29) is 25.8 Å². The van der Waals surface area contributed by atoms with Crippen molar-refractivity contribution in [1.82, 2.24) is 14.5 Å². The number of ether oxygens (including phenoxy) is 4.